The number of anilines is 2. The number of benzene rings is 2. The Morgan fingerprint density at radius 2 is 1.78 bits per heavy atom. The Balaban J connectivity index is 1.62. The topological polar surface area (TPSA) is 67.4 Å². The summed E-state index contributed by atoms with van der Waals surface area (Å²) in [6.07, 6.45) is 4.25. The average molecular weight is 366 g/mol. The first kappa shape index (κ1) is 19.0. The number of rotatable bonds is 6. The molecule has 27 heavy (non-hydrogen) atoms. The van der Waals surface area contributed by atoms with Gasteiger partial charge >= 0.3 is 11.8 Å². The van der Waals surface area contributed by atoms with E-state index in [1.165, 1.54) is 11.1 Å². The highest BCUT2D eigenvalue weighted by molar-refractivity contribution is 6.43. The largest absolute Gasteiger partial charge is 0.491 e. The second-order valence-electron chi connectivity index (χ2n) is 7.07. The van der Waals surface area contributed by atoms with E-state index in [9.17, 15) is 9.59 Å². The monoisotopic (exact) mass is 366 g/mol. The van der Waals surface area contributed by atoms with Crippen LogP contribution in [-0.4, -0.2) is 18.4 Å². The Labute approximate surface area is 160 Å². The molecule has 1 aliphatic carbocycles. The van der Waals surface area contributed by atoms with Crippen LogP contribution < -0.4 is 15.4 Å². The Bertz CT molecular complexity index is 832. The molecule has 0 saturated heterocycles. The molecule has 3 rings (SSSR count). The second-order valence-corrected chi connectivity index (χ2v) is 7.07. The maximum absolute atomic E-state index is 12.3. The third-order valence-corrected chi connectivity index (χ3v) is 4.92. The predicted molar refractivity (Wildman–Crippen MR) is 107 cm³/mol. The van der Waals surface area contributed by atoms with E-state index in [2.05, 4.69) is 24.5 Å². The van der Waals surface area contributed by atoms with Crippen LogP contribution in [0.3, 0.4) is 0 Å². The Hall–Kier alpha value is -2.82. The molecule has 1 aliphatic rings. The molecule has 0 fully saturated rings. The smallest absolute Gasteiger partial charge is 0.314 e. The number of amides is 2. The lowest BCUT2D eigenvalue weighted by atomic mass is 10.1. The van der Waals surface area contributed by atoms with Crippen molar-refractivity contribution in [3.63, 3.8) is 0 Å². The molecule has 1 unspecified atom stereocenters. The van der Waals surface area contributed by atoms with Crippen LogP contribution in [0, 0.1) is 5.92 Å². The van der Waals surface area contributed by atoms with Crippen LogP contribution in [0.2, 0.25) is 0 Å². The fourth-order valence-electron chi connectivity index (χ4n) is 3.06. The molecule has 2 aromatic carbocycles. The first-order valence-corrected chi connectivity index (χ1v) is 9.52. The zero-order valence-corrected chi connectivity index (χ0v) is 15.9. The highest BCUT2D eigenvalue weighted by Gasteiger charge is 2.18. The maximum atomic E-state index is 12.3. The fraction of sp³-hybridized carbons (Fsp3) is 0.364. The van der Waals surface area contributed by atoms with Gasteiger partial charge < -0.3 is 15.4 Å². The molecule has 1 atom stereocenters. The van der Waals surface area contributed by atoms with Crippen molar-refractivity contribution < 1.29 is 14.3 Å². The first-order valence-electron chi connectivity index (χ1n) is 9.52. The Morgan fingerprint density at radius 3 is 2.59 bits per heavy atom. The highest BCUT2D eigenvalue weighted by Crippen LogP contribution is 2.26. The minimum Gasteiger partial charge on any atom is -0.491 e. The van der Waals surface area contributed by atoms with Gasteiger partial charge in [-0.05, 0) is 60.6 Å². The summed E-state index contributed by atoms with van der Waals surface area (Å²) >= 11 is 0. The van der Waals surface area contributed by atoms with Crippen LogP contribution in [0.4, 0.5) is 11.4 Å². The highest BCUT2D eigenvalue weighted by atomic mass is 16.5. The number of carbonyl (C=O) groups excluding carboxylic acids is 2. The van der Waals surface area contributed by atoms with Crippen LogP contribution in [-0.2, 0) is 22.4 Å². The van der Waals surface area contributed by atoms with Gasteiger partial charge in [0.05, 0.1) is 12.3 Å². The molecule has 2 aromatic rings. The number of para-hydroxylation sites is 2. The van der Waals surface area contributed by atoms with E-state index >= 15 is 0 Å². The SMILES string of the molecule is CCC(C)COc1ccccc1NC(=O)C(=O)Nc1ccc2c(c1)CCC2. The Morgan fingerprint density at radius 1 is 1.04 bits per heavy atom. The van der Waals surface area contributed by atoms with Crippen molar-refractivity contribution in [1.82, 2.24) is 0 Å². The maximum Gasteiger partial charge on any atom is 0.314 e. The summed E-state index contributed by atoms with van der Waals surface area (Å²) in [5, 5.41) is 5.33. The van der Waals surface area contributed by atoms with Crippen molar-refractivity contribution in [3.8, 4) is 5.75 Å². The summed E-state index contributed by atoms with van der Waals surface area (Å²) in [6, 6.07) is 13.0. The number of aryl methyl sites for hydroxylation is 2. The molecule has 2 amide bonds. The molecule has 0 aromatic heterocycles. The van der Waals surface area contributed by atoms with Crippen LogP contribution in [0.25, 0.3) is 0 Å². The molecule has 0 heterocycles. The lowest BCUT2D eigenvalue weighted by Crippen LogP contribution is -2.29. The summed E-state index contributed by atoms with van der Waals surface area (Å²) < 4.78 is 5.79. The van der Waals surface area contributed by atoms with Crippen molar-refractivity contribution in [2.75, 3.05) is 17.2 Å². The van der Waals surface area contributed by atoms with Gasteiger partial charge in [-0.1, -0.05) is 38.5 Å². The molecule has 5 nitrogen and oxygen atoms in total. The van der Waals surface area contributed by atoms with Gasteiger partial charge in [0.2, 0.25) is 0 Å². The minimum absolute atomic E-state index is 0.414. The van der Waals surface area contributed by atoms with Crippen molar-refractivity contribution in [3.05, 3.63) is 53.6 Å². The number of ether oxygens (including phenoxy) is 1. The zero-order chi connectivity index (χ0) is 19.2. The molecule has 0 bridgehead atoms. The van der Waals surface area contributed by atoms with Gasteiger partial charge in [0.25, 0.3) is 0 Å². The average Bonchev–Trinajstić information content (AvgIpc) is 3.14. The van der Waals surface area contributed by atoms with Gasteiger partial charge in [-0.25, -0.2) is 0 Å². The zero-order valence-electron chi connectivity index (χ0n) is 15.9. The van der Waals surface area contributed by atoms with E-state index in [0.29, 0.717) is 29.6 Å². The molecule has 2 N–H and O–H groups in total. The van der Waals surface area contributed by atoms with Crippen LogP contribution in [0.5, 0.6) is 5.75 Å². The van der Waals surface area contributed by atoms with Crippen molar-refractivity contribution >= 4 is 23.2 Å². The van der Waals surface area contributed by atoms with Crippen molar-refractivity contribution in [2.45, 2.75) is 39.5 Å². The van der Waals surface area contributed by atoms with Gasteiger partial charge in [-0.3, -0.25) is 9.59 Å². The molecule has 0 saturated carbocycles. The fourth-order valence-corrected chi connectivity index (χ4v) is 3.06. The third kappa shape index (κ3) is 4.88. The third-order valence-electron chi connectivity index (χ3n) is 4.92. The summed E-state index contributed by atoms with van der Waals surface area (Å²) in [5.74, 6) is -0.423. The van der Waals surface area contributed by atoms with Crippen LogP contribution in [0.1, 0.15) is 37.8 Å². The number of hydrogen-bond acceptors (Lipinski definition) is 3. The lowest BCUT2D eigenvalue weighted by molar-refractivity contribution is -0.133. The quantitative estimate of drug-likeness (QED) is 0.754. The minimum atomic E-state index is -0.713. The van der Waals surface area contributed by atoms with E-state index in [4.69, 9.17) is 4.74 Å². The van der Waals surface area contributed by atoms with Gasteiger partial charge in [-0.15, -0.1) is 0 Å². The van der Waals surface area contributed by atoms with Gasteiger partial charge in [0.1, 0.15) is 5.75 Å². The number of hydrogen-bond donors (Lipinski definition) is 2. The predicted octanol–water partition coefficient (Wildman–Crippen LogP) is 4.18. The van der Waals surface area contributed by atoms with E-state index in [1.54, 1.807) is 18.2 Å². The molecular weight excluding hydrogens is 340 g/mol. The lowest BCUT2D eigenvalue weighted by Gasteiger charge is -2.15. The van der Waals surface area contributed by atoms with E-state index < -0.39 is 11.8 Å². The van der Waals surface area contributed by atoms with Crippen LogP contribution >= 0.6 is 0 Å². The molecule has 0 spiro atoms. The number of carbonyl (C=O) groups is 2. The molecule has 142 valence electrons. The van der Waals surface area contributed by atoms with Crippen molar-refractivity contribution in [2.24, 2.45) is 5.92 Å². The number of fused-ring (bicyclic) bond motifs is 1. The number of nitrogens with one attached hydrogen (secondary N) is 2. The van der Waals surface area contributed by atoms with E-state index in [-0.39, 0.29) is 0 Å². The normalized spacial score (nSPS) is 13.6. The summed E-state index contributed by atoms with van der Waals surface area (Å²) in [4.78, 5) is 24.6. The standard InChI is InChI=1S/C22H26N2O3/c1-3-15(2)14-27-20-10-5-4-9-19(20)24-22(26)21(25)23-18-12-11-16-7-6-8-17(16)13-18/h4-5,9-13,15H,3,6-8,14H2,1-2H3,(H,23,25)(H,24,26). The van der Waals surface area contributed by atoms with E-state index in [0.717, 1.165) is 25.7 Å². The second kappa shape index (κ2) is 8.71. The summed E-state index contributed by atoms with van der Waals surface area (Å²) in [7, 11) is 0. The summed E-state index contributed by atoms with van der Waals surface area (Å²) in [6.45, 7) is 4.76. The Kier molecular flexibility index (Phi) is 6.12. The molecular formula is C22H26N2O3. The van der Waals surface area contributed by atoms with Gasteiger partial charge in [-0.2, -0.15) is 0 Å². The molecule has 0 radical (unpaired) electrons. The molecule has 5 heteroatoms. The van der Waals surface area contributed by atoms with Gasteiger partial charge in [0, 0.05) is 5.69 Å². The molecule has 0 aliphatic heterocycles. The summed E-state index contributed by atoms with van der Waals surface area (Å²) in [5.41, 5.74) is 3.72. The van der Waals surface area contributed by atoms with Crippen LogP contribution in [0.15, 0.2) is 42.5 Å². The van der Waals surface area contributed by atoms with Gasteiger partial charge in [0.15, 0.2) is 0 Å². The van der Waals surface area contributed by atoms with E-state index in [1.807, 2.05) is 24.3 Å². The first-order chi connectivity index (χ1) is 13.1. The van der Waals surface area contributed by atoms with Crippen molar-refractivity contribution in [1.29, 1.82) is 0 Å².